The molecule has 138 valence electrons. The molecule has 1 aliphatic heterocycles. The number of nitrogens with zero attached hydrogens (tertiary/aromatic N) is 4. The third-order valence-corrected chi connectivity index (χ3v) is 4.97. The van der Waals surface area contributed by atoms with Gasteiger partial charge in [0.05, 0.1) is 30.6 Å². The second-order valence-electron chi connectivity index (χ2n) is 6.61. The molecule has 7 heteroatoms. The maximum Gasteiger partial charge on any atom is 0.263 e. The number of hydrogen-bond acceptors (Lipinski definition) is 5. The summed E-state index contributed by atoms with van der Waals surface area (Å²) in [7, 11) is 1.68. The number of amides is 1. The number of aryl methyl sites for hydroxylation is 3. The number of morpholine rings is 1. The molecule has 1 aliphatic rings. The summed E-state index contributed by atoms with van der Waals surface area (Å²) in [5.74, 6) is -0.227. The minimum atomic E-state index is -0.259. The van der Waals surface area contributed by atoms with Gasteiger partial charge in [0.1, 0.15) is 5.56 Å². The Morgan fingerprint density at radius 3 is 2.81 bits per heavy atom. The predicted molar refractivity (Wildman–Crippen MR) is 97.2 cm³/mol. The molecule has 0 bridgehead atoms. The molecule has 26 heavy (non-hydrogen) atoms. The topological polar surface area (TPSA) is 77.3 Å². The van der Waals surface area contributed by atoms with Crippen LogP contribution in [0.1, 0.15) is 33.9 Å². The van der Waals surface area contributed by atoms with E-state index in [0.717, 1.165) is 23.5 Å². The summed E-state index contributed by atoms with van der Waals surface area (Å²) in [6.07, 6.45) is 4.78. The fourth-order valence-corrected chi connectivity index (χ4v) is 3.19. The second kappa shape index (κ2) is 7.78. The molecule has 1 fully saturated rings. The highest BCUT2D eigenvalue weighted by Gasteiger charge is 2.29. The van der Waals surface area contributed by atoms with E-state index in [9.17, 15) is 9.59 Å². The standard InChI is InChI=1S/C19H24N4O3/c1-13-4-6-16(18(24)22(13)3)19(25)23-10-11-26-12-15(23)5-7-17-14(2)20-8-9-21-17/h4,6,8-9,15H,5,7,10-12H2,1-3H3/t15-/m1/s1. The molecule has 1 amide bonds. The van der Waals surface area contributed by atoms with Crippen molar-refractivity contribution >= 4 is 5.91 Å². The number of rotatable bonds is 4. The average molecular weight is 356 g/mol. The van der Waals surface area contributed by atoms with Crippen LogP contribution in [0.15, 0.2) is 29.3 Å². The molecule has 0 spiro atoms. The van der Waals surface area contributed by atoms with Crippen LogP contribution in [-0.4, -0.2) is 51.1 Å². The van der Waals surface area contributed by atoms with Crippen molar-refractivity contribution in [2.45, 2.75) is 32.7 Å². The number of aromatic nitrogens is 3. The Bertz CT molecular complexity index is 862. The quantitative estimate of drug-likeness (QED) is 0.824. The minimum absolute atomic E-state index is 0.0799. The van der Waals surface area contributed by atoms with Crippen molar-refractivity contribution in [1.29, 1.82) is 0 Å². The first kappa shape index (κ1) is 18.3. The monoisotopic (exact) mass is 356 g/mol. The van der Waals surface area contributed by atoms with Crippen LogP contribution in [0.3, 0.4) is 0 Å². The van der Waals surface area contributed by atoms with Crippen molar-refractivity contribution in [1.82, 2.24) is 19.4 Å². The maximum absolute atomic E-state index is 13.0. The summed E-state index contributed by atoms with van der Waals surface area (Å²) >= 11 is 0. The Hall–Kier alpha value is -2.54. The van der Waals surface area contributed by atoms with E-state index < -0.39 is 0 Å². The van der Waals surface area contributed by atoms with E-state index in [1.165, 1.54) is 4.57 Å². The highest BCUT2D eigenvalue weighted by atomic mass is 16.5. The Balaban J connectivity index is 1.78. The summed E-state index contributed by atoms with van der Waals surface area (Å²) in [5.41, 5.74) is 2.60. The third-order valence-electron chi connectivity index (χ3n) is 4.97. The van der Waals surface area contributed by atoms with E-state index in [2.05, 4.69) is 9.97 Å². The van der Waals surface area contributed by atoms with E-state index in [-0.39, 0.29) is 23.1 Å². The van der Waals surface area contributed by atoms with Gasteiger partial charge in [-0.15, -0.1) is 0 Å². The van der Waals surface area contributed by atoms with Gasteiger partial charge in [-0.05, 0) is 38.8 Å². The third kappa shape index (κ3) is 3.67. The fourth-order valence-electron chi connectivity index (χ4n) is 3.19. The van der Waals surface area contributed by atoms with Crippen LogP contribution >= 0.6 is 0 Å². The lowest BCUT2D eigenvalue weighted by atomic mass is 10.0. The first-order valence-electron chi connectivity index (χ1n) is 8.81. The number of pyridine rings is 1. The van der Waals surface area contributed by atoms with Gasteiger partial charge in [0, 0.05) is 31.7 Å². The van der Waals surface area contributed by atoms with Crippen molar-refractivity contribution in [3.8, 4) is 0 Å². The molecule has 1 saturated heterocycles. The Labute approximate surface area is 152 Å². The normalized spacial score (nSPS) is 17.3. The molecular formula is C19H24N4O3. The Morgan fingerprint density at radius 2 is 2.04 bits per heavy atom. The summed E-state index contributed by atoms with van der Waals surface area (Å²) in [6.45, 7) is 5.21. The Morgan fingerprint density at radius 1 is 1.27 bits per heavy atom. The molecule has 0 aliphatic carbocycles. The van der Waals surface area contributed by atoms with Crippen molar-refractivity contribution in [2.75, 3.05) is 19.8 Å². The zero-order chi connectivity index (χ0) is 18.7. The highest BCUT2D eigenvalue weighted by Crippen LogP contribution is 2.16. The van der Waals surface area contributed by atoms with E-state index in [0.29, 0.717) is 26.2 Å². The van der Waals surface area contributed by atoms with Gasteiger partial charge in [-0.25, -0.2) is 0 Å². The highest BCUT2D eigenvalue weighted by molar-refractivity contribution is 5.94. The SMILES string of the molecule is Cc1nccnc1CC[C@@H]1COCCN1C(=O)c1ccc(C)n(C)c1=O. The summed E-state index contributed by atoms with van der Waals surface area (Å²) in [5, 5.41) is 0. The van der Waals surface area contributed by atoms with Gasteiger partial charge < -0.3 is 14.2 Å². The lowest BCUT2D eigenvalue weighted by Crippen LogP contribution is -2.50. The summed E-state index contributed by atoms with van der Waals surface area (Å²) in [4.78, 5) is 35.9. The molecule has 1 atom stereocenters. The lowest BCUT2D eigenvalue weighted by molar-refractivity contribution is -0.00426. The van der Waals surface area contributed by atoms with Crippen molar-refractivity contribution in [3.05, 3.63) is 57.5 Å². The van der Waals surface area contributed by atoms with E-state index in [1.807, 2.05) is 13.8 Å². The molecule has 3 rings (SSSR count). The lowest BCUT2D eigenvalue weighted by Gasteiger charge is -2.35. The molecule has 0 radical (unpaired) electrons. The largest absolute Gasteiger partial charge is 0.377 e. The van der Waals surface area contributed by atoms with E-state index in [1.54, 1.807) is 36.5 Å². The van der Waals surface area contributed by atoms with Crippen molar-refractivity contribution < 1.29 is 9.53 Å². The second-order valence-corrected chi connectivity index (χ2v) is 6.61. The summed E-state index contributed by atoms with van der Waals surface area (Å²) < 4.78 is 7.08. The molecule has 3 heterocycles. The first-order valence-corrected chi connectivity index (χ1v) is 8.81. The van der Waals surface area contributed by atoms with Crippen LogP contribution in [0.25, 0.3) is 0 Å². The van der Waals surface area contributed by atoms with Gasteiger partial charge in [0.15, 0.2) is 0 Å². The van der Waals surface area contributed by atoms with Crippen LogP contribution in [0.5, 0.6) is 0 Å². The van der Waals surface area contributed by atoms with Crippen molar-refractivity contribution in [2.24, 2.45) is 7.05 Å². The van der Waals surface area contributed by atoms with Crippen LogP contribution in [0, 0.1) is 13.8 Å². The van der Waals surface area contributed by atoms with Gasteiger partial charge in [-0.2, -0.15) is 0 Å². The van der Waals surface area contributed by atoms with Crippen LogP contribution in [0.4, 0.5) is 0 Å². The first-order chi connectivity index (χ1) is 12.5. The molecule has 7 nitrogen and oxygen atoms in total. The fraction of sp³-hybridized carbons (Fsp3) is 0.474. The predicted octanol–water partition coefficient (Wildman–Crippen LogP) is 1.27. The molecule has 0 saturated carbocycles. The van der Waals surface area contributed by atoms with Crippen molar-refractivity contribution in [3.63, 3.8) is 0 Å². The molecule has 0 N–H and O–H groups in total. The molecule has 0 aromatic carbocycles. The maximum atomic E-state index is 13.0. The number of ether oxygens (including phenoxy) is 1. The van der Waals surface area contributed by atoms with Gasteiger partial charge in [-0.3, -0.25) is 19.6 Å². The minimum Gasteiger partial charge on any atom is -0.377 e. The van der Waals surface area contributed by atoms with Gasteiger partial charge in [-0.1, -0.05) is 0 Å². The molecule has 2 aromatic heterocycles. The van der Waals surface area contributed by atoms with Crippen LogP contribution in [0.2, 0.25) is 0 Å². The number of hydrogen-bond donors (Lipinski definition) is 0. The zero-order valence-corrected chi connectivity index (χ0v) is 15.4. The van der Waals surface area contributed by atoms with E-state index >= 15 is 0 Å². The number of carbonyl (C=O) groups excluding carboxylic acids is 1. The molecular weight excluding hydrogens is 332 g/mol. The van der Waals surface area contributed by atoms with Gasteiger partial charge in [0.2, 0.25) is 0 Å². The average Bonchev–Trinajstić information content (AvgIpc) is 2.65. The van der Waals surface area contributed by atoms with Crippen LogP contribution < -0.4 is 5.56 Å². The molecule has 2 aromatic rings. The smallest absolute Gasteiger partial charge is 0.263 e. The number of carbonyl (C=O) groups is 1. The van der Waals surface area contributed by atoms with Gasteiger partial charge in [0.25, 0.3) is 11.5 Å². The van der Waals surface area contributed by atoms with Crippen LogP contribution in [-0.2, 0) is 18.2 Å². The zero-order valence-electron chi connectivity index (χ0n) is 15.4. The Kier molecular flexibility index (Phi) is 5.46. The van der Waals surface area contributed by atoms with Gasteiger partial charge >= 0.3 is 0 Å². The molecule has 0 unspecified atom stereocenters. The van der Waals surface area contributed by atoms with E-state index in [4.69, 9.17) is 4.74 Å². The summed E-state index contributed by atoms with van der Waals surface area (Å²) in [6, 6.07) is 3.34.